The zero-order chi connectivity index (χ0) is 20.3. The fourth-order valence-corrected chi connectivity index (χ4v) is 5.20. The Morgan fingerprint density at radius 1 is 1.14 bits per heavy atom. The summed E-state index contributed by atoms with van der Waals surface area (Å²) in [5.41, 5.74) is 1.68. The van der Waals surface area contributed by atoms with E-state index in [4.69, 9.17) is 4.74 Å². The molecular weight excluding hydrogens is 376 g/mol. The lowest BCUT2D eigenvalue weighted by Crippen LogP contribution is -2.31. The first-order valence-corrected chi connectivity index (χ1v) is 10.7. The molecule has 1 fully saturated rings. The van der Waals surface area contributed by atoms with E-state index in [1.54, 1.807) is 49.8 Å². The molecule has 0 spiro atoms. The molecular formula is C21H26N2O4S. The van der Waals surface area contributed by atoms with E-state index in [-0.39, 0.29) is 23.3 Å². The minimum atomic E-state index is -3.64. The second-order valence-corrected chi connectivity index (χ2v) is 9.02. The average molecular weight is 403 g/mol. The number of nitrogens with zero attached hydrogens (tertiary/aromatic N) is 2. The summed E-state index contributed by atoms with van der Waals surface area (Å²) >= 11 is 0. The minimum absolute atomic E-state index is 0.0219. The van der Waals surface area contributed by atoms with Gasteiger partial charge < -0.3 is 9.64 Å². The van der Waals surface area contributed by atoms with Crippen LogP contribution in [-0.2, 0) is 21.2 Å². The Morgan fingerprint density at radius 2 is 1.82 bits per heavy atom. The first-order chi connectivity index (χ1) is 13.3. The third kappa shape index (κ3) is 4.05. The molecule has 1 unspecified atom stereocenters. The van der Waals surface area contributed by atoms with Crippen molar-refractivity contribution in [3.63, 3.8) is 0 Å². The molecule has 1 amide bonds. The highest BCUT2D eigenvalue weighted by Gasteiger charge is 2.37. The van der Waals surface area contributed by atoms with Gasteiger partial charge in [0.2, 0.25) is 15.9 Å². The minimum Gasteiger partial charge on any atom is -0.496 e. The molecule has 2 aromatic carbocycles. The molecule has 7 heteroatoms. The quantitative estimate of drug-likeness (QED) is 0.745. The van der Waals surface area contributed by atoms with Gasteiger partial charge in [-0.15, -0.1) is 0 Å². The van der Waals surface area contributed by atoms with E-state index in [0.717, 1.165) is 24.0 Å². The second-order valence-electron chi connectivity index (χ2n) is 7.12. The van der Waals surface area contributed by atoms with Gasteiger partial charge in [-0.2, -0.15) is 4.31 Å². The number of carbonyl (C=O) groups excluding carboxylic acids is 1. The molecule has 0 aromatic heterocycles. The first-order valence-electron chi connectivity index (χ1n) is 9.28. The summed E-state index contributed by atoms with van der Waals surface area (Å²) in [5.74, 6) is 0.679. The van der Waals surface area contributed by atoms with Crippen molar-refractivity contribution in [1.82, 2.24) is 9.21 Å². The van der Waals surface area contributed by atoms with Crippen LogP contribution in [0.15, 0.2) is 53.4 Å². The maximum Gasteiger partial charge on any atom is 0.243 e. The summed E-state index contributed by atoms with van der Waals surface area (Å²) < 4.78 is 33.5. The molecule has 2 aromatic rings. The zero-order valence-electron chi connectivity index (χ0n) is 16.5. The smallest absolute Gasteiger partial charge is 0.243 e. The Balaban J connectivity index is 1.86. The number of sulfonamides is 1. The molecule has 0 bridgehead atoms. The number of benzene rings is 2. The Bertz CT molecular complexity index is 939. The van der Waals surface area contributed by atoms with Crippen molar-refractivity contribution in [1.29, 1.82) is 0 Å². The third-order valence-electron chi connectivity index (χ3n) is 5.09. The number of amides is 1. The molecule has 1 heterocycles. The van der Waals surface area contributed by atoms with Crippen LogP contribution in [0.1, 0.15) is 30.0 Å². The van der Waals surface area contributed by atoms with Crippen molar-refractivity contribution >= 4 is 15.9 Å². The number of ether oxygens (including phenoxy) is 1. The molecule has 0 aliphatic carbocycles. The highest BCUT2D eigenvalue weighted by molar-refractivity contribution is 7.89. The number of carbonyl (C=O) groups is 1. The number of hydrogen-bond acceptors (Lipinski definition) is 4. The maximum atomic E-state index is 13.3. The Hall–Kier alpha value is -2.38. The monoisotopic (exact) mass is 402 g/mol. The van der Waals surface area contributed by atoms with Crippen molar-refractivity contribution in [3.05, 3.63) is 59.7 Å². The molecule has 28 heavy (non-hydrogen) atoms. The van der Waals surface area contributed by atoms with Gasteiger partial charge in [-0.3, -0.25) is 4.79 Å². The standard InChI is InChI=1S/C21H26N2O4S/c1-22(2)21(24)15-16-10-12-17(13-11-16)28(25,26)23-14-6-8-19(23)18-7-4-5-9-20(18)27-3/h4-5,7,9-13,19H,6,8,14-15H2,1-3H3. The summed E-state index contributed by atoms with van der Waals surface area (Å²) in [7, 11) is 1.36. The molecule has 150 valence electrons. The van der Waals surface area contributed by atoms with Gasteiger partial charge in [-0.1, -0.05) is 30.3 Å². The Kier molecular flexibility index (Phi) is 6.05. The van der Waals surface area contributed by atoms with Crippen LogP contribution in [-0.4, -0.2) is 51.3 Å². The SMILES string of the molecule is COc1ccccc1C1CCCN1S(=O)(=O)c1ccc(CC(=O)N(C)C)cc1. The largest absolute Gasteiger partial charge is 0.496 e. The van der Waals surface area contributed by atoms with Gasteiger partial charge in [0.15, 0.2) is 0 Å². The van der Waals surface area contributed by atoms with Crippen molar-refractivity contribution in [2.24, 2.45) is 0 Å². The fourth-order valence-electron chi connectivity index (χ4n) is 3.53. The molecule has 0 radical (unpaired) electrons. The molecule has 1 aliphatic rings. The Morgan fingerprint density at radius 3 is 2.46 bits per heavy atom. The number of rotatable bonds is 6. The van der Waals surface area contributed by atoms with Crippen molar-refractivity contribution in [3.8, 4) is 5.75 Å². The number of hydrogen-bond donors (Lipinski definition) is 0. The van der Waals surface area contributed by atoms with Gasteiger partial charge in [0.25, 0.3) is 0 Å². The van der Waals surface area contributed by atoms with E-state index in [1.807, 2.05) is 24.3 Å². The molecule has 0 N–H and O–H groups in total. The lowest BCUT2D eigenvalue weighted by molar-refractivity contribution is -0.127. The fraction of sp³-hybridized carbons (Fsp3) is 0.381. The number of likely N-dealkylation sites (N-methyl/N-ethyl adjacent to an activating group) is 1. The van der Waals surface area contributed by atoms with Crippen molar-refractivity contribution in [2.45, 2.75) is 30.2 Å². The van der Waals surface area contributed by atoms with Crippen LogP contribution in [0, 0.1) is 0 Å². The molecule has 0 saturated carbocycles. The van der Waals surface area contributed by atoms with Gasteiger partial charge in [0.1, 0.15) is 5.75 Å². The lowest BCUT2D eigenvalue weighted by atomic mass is 10.0. The highest BCUT2D eigenvalue weighted by Crippen LogP contribution is 2.40. The number of methoxy groups -OCH3 is 1. The predicted molar refractivity (Wildman–Crippen MR) is 108 cm³/mol. The summed E-state index contributed by atoms with van der Waals surface area (Å²) in [6.07, 6.45) is 1.81. The van der Waals surface area contributed by atoms with Gasteiger partial charge in [-0.05, 0) is 36.6 Å². The summed E-state index contributed by atoms with van der Waals surface area (Å²) in [4.78, 5) is 13.6. The van der Waals surface area contributed by atoms with Gasteiger partial charge in [0, 0.05) is 26.2 Å². The average Bonchev–Trinajstić information content (AvgIpc) is 3.19. The second kappa shape index (κ2) is 8.32. The highest BCUT2D eigenvalue weighted by atomic mass is 32.2. The van der Waals surface area contributed by atoms with Crippen LogP contribution in [0.3, 0.4) is 0 Å². The summed E-state index contributed by atoms with van der Waals surface area (Å²) in [6.45, 7) is 0.478. The molecule has 1 atom stereocenters. The third-order valence-corrected chi connectivity index (χ3v) is 7.01. The molecule has 3 rings (SSSR count). The van der Waals surface area contributed by atoms with Crippen molar-refractivity contribution in [2.75, 3.05) is 27.7 Å². The zero-order valence-corrected chi connectivity index (χ0v) is 17.3. The van der Waals surface area contributed by atoms with Gasteiger partial charge in [-0.25, -0.2) is 8.42 Å². The van der Waals surface area contributed by atoms with E-state index < -0.39 is 10.0 Å². The van der Waals surface area contributed by atoms with Crippen molar-refractivity contribution < 1.29 is 17.9 Å². The maximum absolute atomic E-state index is 13.3. The van der Waals surface area contributed by atoms with Crippen LogP contribution in [0.4, 0.5) is 0 Å². The van der Waals surface area contributed by atoms with E-state index >= 15 is 0 Å². The molecule has 1 aliphatic heterocycles. The van der Waals surface area contributed by atoms with E-state index in [0.29, 0.717) is 12.3 Å². The van der Waals surface area contributed by atoms with Crippen LogP contribution >= 0.6 is 0 Å². The predicted octanol–water partition coefficient (Wildman–Crippen LogP) is 2.85. The van der Waals surface area contributed by atoms with Crippen LogP contribution in [0.5, 0.6) is 5.75 Å². The van der Waals surface area contributed by atoms with E-state index in [2.05, 4.69) is 0 Å². The van der Waals surface area contributed by atoms with E-state index in [9.17, 15) is 13.2 Å². The summed E-state index contributed by atoms with van der Waals surface area (Å²) in [5, 5.41) is 0. The topological polar surface area (TPSA) is 66.9 Å². The summed E-state index contributed by atoms with van der Waals surface area (Å²) in [6, 6.07) is 13.9. The van der Waals surface area contributed by atoms with Gasteiger partial charge in [0.05, 0.1) is 24.5 Å². The van der Waals surface area contributed by atoms with Crippen LogP contribution in [0.2, 0.25) is 0 Å². The Labute approximate surface area is 166 Å². The molecule has 6 nitrogen and oxygen atoms in total. The van der Waals surface area contributed by atoms with Crippen LogP contribution < -0.4 is 4.74 Å². The lowest BCUT2D eigenvalue weighted by Gasteiger charge is -2.25. The number of para-hydroxylation sites is 1. The first kappa shape index (κ1) is 20.4. The normalized spacial score (nSPS) is 17.5. The van der Waals surface area contributed by atoms with E-state index in [1.165, 1.54) is 4.90 Å². The van der Waals surface area contributed by atoms with Crippen LogP contribution in [0.25, 0.3) is 0 Å². The van der Waals surface area contributed by atoms with Gasteiger partial charge >= 0.3 is 0 Å². The molecule has 1 saturated heterocycles.